The first-order valence-corrected chi connectivity index (χ1v) is 11.6. The van der Waals surface area contributed by atoms with Crippen LogP contribution < -0.4 is 40.4 Å². The number of β-lactam (4-membered cyclic amide) rings is 1. The molecule has 0 spiro atoms. The Morgan fingerprint density at radius 2 is 2.06 bits per heavy atom. The number of hydrogen-bond acceptors (Lipinski definition) is 10. The quantitative estimate of drug-likeness (QED) is 0.158. The number of nitrogen functional groups attached to an aromatic ring is 1. The van der Waals surface area contributed by atoms with Gasteiger partial charge in [-0.1, -0.05) is 5.16 Å². The molecular weight excluding hydrogens is 477 g/mol. The second kappa shape index (κ2) is 9.95. The van der Waals surface area contributed by atoms with Gasteiger partial charge in [-0.25, -0.2) is 9.78 Å². The molecule has 3 N–H and O–H groups in total. The van der Waals surface area contributed by atoms with Crippen LogP contribution >= 0.6 is 23.1 Å². The van der Waals surface area contributed by atoms with Crippen molar-refractivity contribution in [1.82, 2.24) is 9.88 Å². The first kappa shape index (κ1) is 27.6. The minimum atomic E-state index is -1.08. The first-order valence-electron chi connectivity index (χ1n) is 9.85. The Labute approximate surface area is 222 Å². The average molecular weight is 504 g/mol. The molecule has 10 nitrogen and oxygen atoms in total. The van der Waals surface area contributed by atoms with E-state index in [1.807, 2.05) is 0 Å². The summed E-state index contributed by atoms with van der Waals surface area (Å²) in [5.74, 6) is -2.29. The number of aliphatic imine (C=N–C) groups is 1. The molecule has 0 aliphatic carbocycles. The number of nitrogens with zero attached hydrogens (tertiary/aromatic N) is 4. The van der Waals surface area contributed by atoms with E-state index in [1.54, 1.807) is 53.0 Å². The fourth-order valence-electron chi connectivity index (χ4n) is 3.42. The number of nitrogens with two attached hydrogens (primary N) is 1. The van der Waals surface area contributed by atoms with Gasteiger partial charge in [0.15, 0.2) is 11.2 Å². The molecule has 0 saturated carbocycles. The molecule has 3 atom stereocenters. The molecule has 2 fully saturated rings. The van der Waals surface area contributed by atoms with E-state index < -0.39 is 45.6 Å². The molecule has 1 aromatic heterocycles. The van der Waals surface area contributed by atoms with Crippen molar-refractivity contribution in [2.24, 2.45) is 10.1 Å². The number of carboxylic acids is 1. The van der Waals surface area contributed by atoms with Gasteiger partial charge in [0.25, 0.3) is 5.91 Å². The number of hydrogen-bond donors (Lipinski definition) is 2. The third-order valence-corrected chi connectivity index (χ3v) is 7.04. The van der Waals surface area contributed by atoms with E-state index in [9.17, 15) is 19.8 Å². The van der Waals surface area contributed by atoms with Crippen molar-refractivity contribution in [1.29, 1.82) is 0 Å². The number of oxime groups is 1. The van der Waals surface area contributed by atoms with E-state index in [2.05, 4.69) is 15.1 Å². The van der Waals surface area contributed by atoms with Gasteiger partial charge in [0.1, 0.15) is 22.7 Å². The zero-order valence-corrected chi connectivity index (χ0v) is 23.3. The van der Waals surface area contributed by atoms with E-state index in [-0.39, 0.29) is 35.3 Å². The summed E-state index contributed by atoms with van der Waals surface area (Å²) in [5.41, 5.74) is 5.96. The molecule has 13 heteroatoms. The third kappa shape index (κ3) is 5.91. The van der Waals surface area contributed by atoms with Crippen LogP contribution in [0, 0.1) is 0 Å². The fraction of sp³-hybridized carbons (Fsp3) is 0.550. The molecule has 2 aliphatic heterocycles. The Balaban J connectivity index is 0.00000385. The van der Waals surface area contributed by atoms with Gasteiger partial charge in [-0.05, 0) is 53.2 Å². The predicted octanol–water partition coefficient (Wildman–Crippen LogP) is -1.42. The molecule has 1 aromatic rings. The van der Waals surface area contributed by atoms with Gasteiger partial charge in [-0.15, -0.1) is 23.1 Å². The van der Waals surface area contributed by atoms with Gasteiger partial charge < -0.3 is 25.7 Å². The number of thiazole rings is 1. The van der Waals surface area contributed by atoms with E-state index >= 15 is 0 Å². The Hall–Kier alpha value is -1.60. The Kier molecular flexibility index (Phi) is 8.33. The molecule has 2 saturated heterocycles. The van der Waals surface area contributed by atoms with Gasteiger partial charge in [0, 0.05) is 16.0 Å². The van der Waals surface area contributed by atoms with Crippen LogP contribution in [0.1, 0.15) is 47.2 Å². The van der Waals surface area contributed by atoms with Crippen LogP contribution in [-0.2, 0) is 14.4 Å². The van der Waals surface area contributed by atoms with Crippen LogP contribution in [0.2, 0.25) is 0 Å². The molecule has 174 valence electrons. The van der Waals surface area contributed by atoms with Gasteiger partial charge in [0.2, 0.25) is 0 Å². The number of thioether (sulfide) groups is 1. The van der Waals surface area contributed by atoms with Crippen molar-refractivity contribution in [3.63, 3.8) is 0 Å². The molecule has 0 unspecified atom stereocenters. The van der Waals surface area contributed by atoms with Crippen molar-refractivity contribution in [2.75, 3.05) is 5.73 Å². The van der Waals surface area contributed by atoms with Crippen LogP contribution in [0.3, 0.4) is 0 Å². The number of carbonyl (C=O) groups is 2. The molecule has 2 aliphatic rings. The fourth-order valence-corrected chi connectivity index (χ4v) is 5.55. The molecule has 0 bridgehead atoms. The summed E-state index contributed by atoms with van der Waals surface area (Å²) in [6, 6.07) is -1.95. The van der Waals surface area contributed by atoms with Gasteiger partial charge in [0.05, 0.1) is 5.69 Å². The molecular formula is C20H26N5NaO5S2. The summed E-state index contributed by atoms with van der Waals surface area (Å²) in [6.45, 7) is 10.5. The van der Waals surface area contributed by atoms with Crippen LogP contribution in [0.25, 0.3) is 6.08 Å². The second-order valence-electron chi connectivity index (χ2n) is 9.06. The maximum Gasteiger partial charge on any atom is 1.00 e. The Bertz CT molecular complexity index is 1030. The second-order valence-corrected chi connectivity index (χ2v) is 11.7. The maximum atomic E-state index is 13.1. The smallest absolute Gasteiger partial charge is 0.857 e. The Morgan fingerprint density at radius 1 is 1.42 bits per heavy atom. The number of aliphatic carboxylic acids is 1. The molecule has 33 heavy (non-hydrogen) atoms. The zero-order valence-electron chi connectivity index (χ0n) is 19.6. The number of anilines is 1. The summed E-state index contributed by atoms with van der Waals surface area (Å²) in [4.78, 5) is 39.3. The van der Waals surface area contributed by atoms with Crippen LogP contribution in [-0.4, -0.2) is 66.3 Å². The number of carbonyl (C=O) groups excluding carboxylic acids is 1. The minimum Gasteiger partial charge on any atom is -0.857 e. The number of aromatic nitrogens is 1. The van der Waals surface area contributed by atoms with E-state index in [1.165, 1.54) is 28.0 Å². The molecule has 3 heterocycles. The molecule has 0 radical (unpaired) electrons. The summed E-state index contributed by atoms with van der Waals surface area (Å²) < 4.78 is -0.702. The average Bonchev–Trinajstić information content (AvgIpc) is 3.16. The van der Waals surface area contributed by atoms with Crippen molar-refractivity contribution in [3.05, 3.63) is 16.6 Å². The van der Waals surface area contributed by atoms with E-state index in [4.69, 9.17) is 10.6 Å². The minimum absolute atomic E-state index is 0. The standard InChI is InChI=1S/C20H27N5O5S2.Na/c1-9(7-10-8-31-18(21)22-10)11(24-30-19(2,3)4)14(26)23-12-15(27)25-13(17(28)29)20(5,6)32-16(12)25;/h7-8,12-13,16H,1-6H3,(H2,21,22)(H,23,26)(H,28,29);/q;+1/p-1/b9-7+,24-11-;/t12-,13+,16-;/m1./s1. The van der Waals surface area contributed by atoms with Crippen LogP contribution in [0.4, 0.5) is 5.13 Å². The van der Waals surface area contributed by atoms with Gasteiger partial charge in [-0.3, -0.25) is 9.79 Å². The molecule has 1 amide bonds. The van der Waals surface area contributed by atoms with Crippen LogP contribution in [0.5, 0.6) is 0 Å². The number of amides is 1. The normalized spacial score (nSPS) is 25.3. The predicted molar refractivity (Wildman–Crippen MR) is 123 cm³/mol. The maximum absolute atomic E-state index is 13.1. The molecule has 3 rings (SSSR count). The third-order valence-electron chi connectivity index (χ3n) is 4.79. The SMILES string of the molecule is CC(=C\c1csc(N)n1)/C(=N/OC(C)(C)C)C([O-])=N[C@@H]1C(=O)N2[C@@H]1SC(C)(C)[C@@H]2C(=O)O.[Na+]. The number of rotatable bonds is 6. The Morgan fingerprint density at radius 3 is 2.58 bits per heavy atom. The van der Waals surface area contributed by atoms with Crippen molar-refractivity contribution < 1.29 is 54.2 Å². The summed E-state index contributed by atoms with van der Waals surface area (Å²) in [7, 11) is 0. The summed E-state index contributed by atoms with van der Waals surface area (Å²) in [5, 5.41) is 28.2. The number of carboxylic acid groups (broad SMARTS) is 1. The van der Waals surface area contributed by atoms with Crippen molar-refractivity contribution in [3.8, 4) is 0 Å². The first-order chi connectivity index (χ1) is 14.7. The number of fused-ring (bicyclic) bond motifs is 1. The van der Waals surface area contributed by atoms with E-state index in [0.29, 0.717) is 16.4 Å². The van der Waals surface area contributed by atoms with E-state index in [0.717, 1.165) is 0 Å². The zero-order chi connectivity index (χ0) is 24.0. The van der Waals surface area contributed by atoms with Crippen molar-refractivity contribution >= 4 is 57.8 Å². The van der Waals surface area contributed by atoms with Crippen LogP contribution in [0.15, 0.2) is 21.1 Å². The topological polar surface area (TPSA) is 154 Å². The largest absolute Gasteiger partial charge is 1.00 e. The summed E-state index contributed by atoms with van der Waals surface area (Å²) >= 11 is 2.58. The van der Waals surface area contributed by atoms with Crippen molar-refractivity contribution in [2.45, 2.75) is 69.3 Å². The monoisotopic (exact) mass is 503 g/mol. The van der Waals surface area contributed by atoms with Gasteiger partial charge >= 0.3 is 35.5 Å². The summed E-state index contributed by atoms with van der Waals surface area (Å²) in [6.07, 6.45) is 1.63. The van der Waals surface area contributed by atoms with Gasteiger partial charge in [-0.2, -0.15) is 0 Å². The molecule has 0 aromatic carbocycles.